The topological polar surface area (TPSA) is 81.1 Å². The van der Waals surface area contributed by atoms with Gasteiger partial charge >= 0.3 is 5.97 Å². The highest BCUT2D eigenvalue weighted by atomic mass is 16.4. The van der Waals surface area contributed by atoms with Gasteiger partial charge in [-0.2, -0.15) is 0 Å². The fourth-order valence-electron chi connectivity index (χ4n) is 2.00. The van der Waals surface area contributed by atoms with Gasteiger partial charge in [-0.25, -0.2) is 4.98 Å². The number of rotatable bonds is 5. The highest BCUT2D eigenvalue weighted by molar-refractivity contribution is 5.76. The Morgan fingerprint density at radius 1 is 1.42 bits per heavy atom. The summed E-state index contributed by atoms with van der Waals surface area (Å²) >= 11 is 0. The van der Waals surface area contributed by atoms with E-state index in [1.165, 1.54) is 0 Å². The molecule has 5 nitrogen and oxygen atoms in total. The summed E-state index contributed by atoms with van der Waals surface area (Å²) in [4.78, 5) is 15.3. The van der Waals surface area contributed by atoms with E-state index in [0.717, 1.165) is 23.4 Å². The van der Waals surface area contributed by atoms with Crippen molar-refractivity contribution in [3.8, 4) is 0 Å². The van der Waals surface area contributed by atoms with Crippen LogP contribution in [0.25, 0.3) is 0 Å². The van der Waals surface area contributed by atoms with Crippen LogP contribution in [0.15, 0.2) is 36.7 Å². The number of aryl methyl sites for hydroxylation is 1. The van der Waals surface area contributed by atoms with Crippen LogP contribution in [0.5, 0.6) is 0 Å². The number of carboxylic acids is 1. The number of hydrogen-bond donors (Lipinski definition) is 2. The molecule has 0 radical (unpaired) electrons. The SMILES string of the molecule is Cn1ccnc1Cc1ccc(C(CN)C(=O)O)cc1. The number of imidazole rings is 1. The highest BCUT2D eigenvalue weighted by Crippen LogP contribution is 2.17. The minimum Gasteiger partial charge on any atom is -0.481 e. The fourth-order valence-corrected chi connectivity index (χ4v) is 2.00. The van der Waals surface area contributed by atoms with Crippen LogP contribution in [-0.4, -0.2) is 27.2 Å². The van der Waals surface area contributed by atoms with Crippen LogP contribution >= 0.6 is 0 Å². The molecule has 0 aliphatic carbocycles. The lowest BCUT2D eigenvalue weighted by Crippen LogP contribution is -2.21. The van der Waals surface area contributed by atoms with Crippen molar-refractivity contribution < 1.29 is 9.90 Å². The number of benzene rings is 1. The molecule has 100 valence electrons. The highest BCUT2D eigenvalue weighted by Gasteiger charge is 2.17. The maximum atomic E-state index is 11.0. The van der Waals surface area contributed by atoms with Gasteiger partial charge in [-0.15, -0.1) is 0 Å². The molecule has 0 saturated carbocycles. The molecule has 1 aromatic carbocycles. The molecule has 1 heterocycles. The van der Waals surface area contributed by atoms with Crippen LogP contribution in [0.2, 0.25) is 0 Å². The van der Waals surface area contributed by atoms with Crippen molar-refractivity contribution in [3.05, 3.63) is 53.6 Å². The lowest BCUT2D eigenvalue weighted by atomic mass is 9.97. The van der Waals surface area contributed by atoms with Crippen molar-refractivity contribution in [2.24, 2.45) is 12.8 Å². The normalized spacial score (nSPS) is 12.3. The van der Waals surface area contributed by atoms with Gasteiger partial charge in [0.2, 0.25) is 0 Å². The zero-order valence-electron chi connectivity index (χ0n) is 10.8. The van der Waals surface area contributed by atoms with Gasteiger partial charge in [0.05, 0.1) is 5.92 Å². The summed E-state index contributed by atoms with van der Waals surface area (Å²) in [5.74, 6) is -0.553. The van der Waals surface area contributed by atoms with E-state index >= 15 is 0 Å². The first kappa shape index (κ1) is 13.3. The molecule has 0 spiro atoms. The van der Waals surface area contributed by atoms with Crippen LogP contribution in [0.1, 0.15) is 22.9 Å². The van der Waals surface area contributed by atoms with Crippen LogP contribution in [0, 0.1) is 0 Å². The Balaban J connectivity index is 2.14. The van der Waals surface area contributed by atoms with E-state index in [0.29, 0.717) is 0 Å². The van der Waals surface area contributed by atoms with E-state index in [1.807, 2.05) is 42.1 Å². The summed E-state index contributed by atoms with van der Waals surface area (Å²) < 4.78 is 1.97. The second-order valence-corrected chi connectivity index (χ2v) is 4.50. The summed E-state index contributed by atoms with van der Waals surface area (Å²) in [5, 5.41) is 9.05. The van der Waals surface area contributed by atoms with Gasteiger partial charge in [0.1, 0.15) is 5.82 Å². The number of aromatic nitrogens is 2. The second-order valence-electron chi connectivity index (χ2n) is 4.50. The maximum absolute atomic E-state index is 11.0. The monoisotopic (exact) mass is 259 g/mol. The van der Waals surface area contributed by atoms with Crippen LogP contribution in [0.4, 0.5) is 0 Å². The standard InChI is InChI=1S/C14H17N3O2/c1-17-7-6-16-13(17)8-10-2-4-11(5-3-10)12(9-15)14(18)19/h2-7,12H,8-9,15H2,1H3,(H,18,19). The quantitative estimate of drug-likeness (QED) is 0.843. The van der Waals surface area contributed by atoms with Crippen molar-refractivity contribution in [2.45, 2.75) is 12.3 Å². The predicted octanol–water partition coefficient (Wildman–Crippen LogP) is 1.14. The predicted molar refractivity (Wildman–Crippen MR) is 71.9 cm³/mol. The van der Waals surface area contributed by atoms with Gasteiger partial charge in [0.15, 0.2) is 0 Å². The number of carboxylic acid groups (broad SMARTS) is 1. The lowest BCUT2D eigenvalue weighted by molar-refractivity contribution is -0.138. The smallest absolute Gasteiger partial charge is 0.312 e. The van der Waals surface area contributed by atoms with E-state index in [1.54, 1.807) is 6.20 Å². The first-order chi connectivity index (χ1) is 9.11. The molecule has 3 N–H and O–H groups in total. The summed E-state index contributed by atoms with van der Waals surface area (Å²) in [5.41, 5.74) is 7.31. The number of nitrogens with zero attached hydrogens (tertiary/aromatic N) is 2. The third-order valence-electron chi connectivity index (χ3n) is 3.20. The van der Waals surface area contributed by atoms with Crippen molar-refractivity contribution in [1.82, 2.24) is 9.55 Å². The zero-order chi connectivity index (χ0) is 13.8. The van der Waals surface area contributed by atoms with E-state index in [2.05, 4.69) is 4.98 Å². The Labute approximate surface area is 111 Å². The van der Waals surface area contributed by atoms with E-state index in [-0.39, 0.29) is 6.54 Å². The third-order valence-corrected chi connectivity index (χ3v) is 3.20. The van der Waals surface area contributed by atoms with E-state index in [4.69, 9.17) is 10.8 Å². The molecular weight excluding hydrogens is 242 g/mol. The van der Waals surface area contributed by atoms with Gasteiger partial charge in [0.25, 0.3) is 0 Å². The van der Waals surface area contributed by atoms with Crippen molar-refractivity contribution in [1.29, 1.82) is 0 Å². The molecule has 0 amide bonds. The molecule has 1 aromatic heterocycles. The molecule has 0 fully saturated rings. The van der Waals surface area contributed by atoms with Crippen molar-refractivity contribution >= 4 is 5.97 Å². The largest absolute Gasteiger partial charge is 0.481 e. The summed E-state index contributed by atoms with van der Waals surface area (Å²) in [6, 6.07) is 7.50. The molecule has 1 atom stereocenters. The Kier molecular flexibility index (Phi) is 3.97. The molecule has 0 bridgehead atoms. The van der Waals surface area contributed by atoms with Gasteiger partial charge in [-0.1, -0.05) is 24.3 Å². The van der Waals surface area contributed by atoms with Crippen LogP contribution in [0.3, 0.4) is 0 Å². The Bertz CT molecular complexity index is 560. The molecular formula is C14H17N3O2. The van der Waals surface area contributed by atoms with Gasteiger partial charge in [0, 0.05) is 32.4 Å². The van der Waals surface area contributed by atoms with Gasteiger partial charge < -0.3 is 15.4 Å². The van der Waals surface area contributed by atoms with Gasteiger partial charge in [-0.3, -0.25) is 4.79 Å². The third kappa shape index (κ3) is 3.00. The Morgan fingerprint density at radius 3 is 2.58 bits per heavy atom. The van der Waals surface area contributed by atoms with Crippen LogP contribution < -0.4 is 5.73 Å². The first-order valence-electron chi connectivity index (χ1n) is 6.09. The lowest BCUT2D eigenvalue weighted by Gasteiger charge is -2.10. The Morgan fingerprint density at radius 2 is 2.11 bits per heavy atom. The molecule has 2 aromatic rings. The molecule has 5 heteroatoms. The van der Waals surface area contributed by atoms with Crippen molar-refractivity contribution in [3.63, 3.8) is 0 Å². The second kappa shape index (κ2) is 5.67. The molecule has 0 saturated heterocycles. The van der Waals surface area contributed by atoms with Gasteiger partial charge in [-0.05, 0) is 11.1 Å². The minimum absolute atomic E-state index is 0.105. The average Bonchev–Trinajstić information content (AvgIpc) is 2.78. The van der Waals surface area contributed by atoms with E-state index < -0.39 is 11.9 Å². The zero-order valence-corrected chi connectivity index (χ0v) is 10.8. The first-order valence-corrected chi connectivity index (χ1v) is 6.09. The number of aliphatic carboxylic acids is 1. The maximum Gasteiger partial charge on any atom is 0.312 e. The summed E-state index contributed by atoms with van der Waals surface area (Å²) in [6.07, 6.45) is 4.39. The Hall–Kier alpha value is -2.14. The fraction of sp³-hybridized carbons (Fsp3) is 0.286. The number of hydrogen-bond acceptors (Lipinski definition) is 3. The summed E-state index contributed by atoms with van der Waals surface area (Å²) in [6.45, 7) is 0.105. The molecule has 1 unspecified atom stereocenters. The minimum atomic E-state index is -0.889. The number of nitrogens with two attached hydrogens (primary N) is 1. The molecule has 19 heavy (non-hydrogen) atoms. The molecule has 0 aliphatic heterocycles. The average molecular weight is 259 g/mol. The number of carbonyl (C=O) groups is 1. The molecule has 0 aliphatic rings. The van der Waals surface area contributed by atoms with Crippen molar-refractivity contribution in [2.75, 3.05) is 6.54 Å². The molecule has 2 rings (SSSR count). The van der Waals surface area contributed by atoms with E-state index in [9.17, 15) is 4.79 Å². The summed E-state index contributed by atoms with van der Waals surface area (Å²) in [7, 11) is 1.95. The van der Waals surface area contributed by atoms with Crippen LogP contribution in [-0.2, 0) is 18.3 Å².